The van der Waals surface area contributed by atoms with Crippen LogP contribution in [0.15, 0.2) is 46.3 Å². The number of benzene rings is 2. The van der Waals surface area contributed by atoms with Gasteiger partial charge < -0.3 is 14.6 Å². The van der Waals surface area contributed by atoms with E-state index in [-0.39, 0.29) is 12.3 Å². The number of carbonyl (C=O) groups excluding carboxylic acids is 2. The second kappa shape index (κ2) is 8.53. The van der Waals surface area contributed by atoms with Crippen LogP contribution in [0.2, 0.25) is 5.02 Å². The molecule has 158 valence electrons. The summed E-state index contributed by atoms with van der Waals surface area (Å²) in [5.74, 6) is -0.831. The molecule has 0 saturated heterocycles. The summed E-state index contributed by atoms with van der Waals surface area (Å²) in [6.07, 6.45) is 0.0181. The number of esters is 1. The van der Waals surface area contributed by atoms with Crippen molar-refractivity contribution < 1.29 is 18.8 Å². The van der Waals surface area contributed by atoms with E-state index in [1.807, 2.05) is 43.5 Å². The Balaban J connectivity index is 1.62. The van der Waals surface area contributed by atoms with E-state index in [0.29, 0.717) is 32.4 Å². The van der Waals surface area contributed by atoms with E-state index in [0.717, 1.165) is 22.1 Å². The van der Waals surface area contributed by atoms with Crippen LogP contribution in [-0.2, 0) is 16.0 Å². The number of methoxy groups -OCH3 is 1. The highest BCUT2D eigenvalue weighted by Crippen LogP contribution is 2.36. The summed E-state index contributed by atoms with van der Waals surface area (Å²) < 4.78 is 10.3. The minimum Gasteiger partial charge on any atom is -0.465 e. The Labute approximate surface area is 187 Å². The van der Waals surface area contributed by atoms with Crippen LogP contribution in [0, 0.1) is 13.8 Å². The van der Waals surface area contributed by atoms with Crippen molar-refractivity contribution in [2.75, 3.05) is 12.4 Å². The van der Waals surface area contributed by atoms with Crippen molar-refractivity contribution in [1.29, 1.82) is 0 Å². The highest BCUT2D eigenvalue weighted by molar-refractivity contribution is 7.15. The van der Waals surface area contributed by atoms with Gasteiger partial charge in [-0.15, -0.1) is 11.3 Å². The zero-order chi connectivity index (χ0) is 22.1. The number of thiophene rings is 1. The Bertz CT molecular complexity index is 1290. The number of aromatic nitrogens is 1. The predicted molar refractivity (Wildman–Crippen MR) is 122 cm³/mol. The molecule has 0 spiro atoms. The molecule has 2 aromatic carbocycles. The molecule has 0 unspecified atom stereocenters. The van der Waals surface area contributed by atoms with E-state index in [4.69, 9.17) is 20.9 Å². The van der Waals surface area contributed by atoms with E-state index in [9.17, 15) is 9.59 Å². The predicted octanol–water partition coefficient (Wildman–Crippen LogP) is 5.79. The van der Waals surface area contributed by atoms with Gasteiger partial charge in [0, 0.05) is 21.4 Å². The van der Waals surface area contributed by atoms with Crippen LogP contribution >= 0.6 is 22.9 Å². The molecule has 1 amide bonds. The van der Waals surface area contributed by atoms with Crippen molar-refractivity contribution in [3.63, 3.8) is 0 Å². The van der Waals surface area contributed by atoms with Crippen molar-refractivity contribution in [3.05, 3.63) is 69.2 Å². The van der Waals surface area contributed by atoms with Gasteiger partial charge in [0.1, 0.15) is 16.3 Å². The van der Waals surface area contributed by atoms with E-state index >= 15 is 0 Å². The lowest BCUT2D eigenvalue weighted by Gasteiger charge is -2.07. The van der Waals surface area contributed by atoms with E-state index in [1.165, 1.54) is 18.4 Å². The molecule has 31 heavy (non-hydrogen) atoms. The standard InChI is InChI=1S/C23H19ClN2O4S/c1-12-8-16-18(26-30-19(16)9-13(12)2)10-20(27)25-22-21(23(28)29-3)17(11-31-22)14-4-6-15(24)7-5-14/h4-9,11H,10H2,1-3H3,(H,25,27). The molecule has 2 aromatic heterocycles. The molecule has 0 aliphatic rings. The number of aryl methyl sites for hydroxylation is 2. The van der Waals surface area contributed by atoms with Gasteiger partial charge in [-0.2, -0.15) is 0 Å². The zero-order valence-electron chi connectivity index (χ0n) is 17.1. The van der Waals surface area contributed by atoms with Crippen molar-refractivity contribution in [3.8, 4) is 11.1 Å². The lowest BCUT2D eigenvalue weighted by molar-refractivity contribution is -0.115. The Morgan fingerprint density at radius 1 is 1.16 bits per heavy atom. The SMILES string of the molecule is COC(=O)c1c(-c2ccc(Cl)cc2)csc1NC(=O)Cc1noc2cc(C)c(C)cc12. The summed E-state index contributed by atoms with van der Waals surface area (Å²) >= 11 is 7.23. The molecule has 6 nitrogen and oxygen atoms in total. The molecule has 0 bridgehead atoms. The van der Waals surface area contributed by atoms with Gasteiger partial charge in [0.05, 0.1) is 13.5 Å². The minimum atomic E-state index is -0.528. The largest absolute Gasteiger partial charge is 0.465 e. The molecule has 0 saturated carbocycles. The Hall–Kier alpha value is -3.16. The quantitative estimate of drug-likeness (QED) is 0.386. The van der Waals surface area contributed by atoms with Crippen LogP contribution in [0.5, 0.6) is 0 Å². The number of rotatable bonds is 5. The van der Waals surface area contributed by atoms with Crippen molar-refractivity contribution in [1.82, 2.24) is 5.16 Å². The van der Waals surface area contributed by atoms with Gasteiger partial charge in [-0.25, -0.2) is 4.79 Å². The maximum Gasteiger partial charge on any atom is 0.341 e. The van der Waals surface area contributed by atoms with Gasteiger partial charge in [0.2, 0.25) is 5.91 Å². The first-order valence-electron chi connectivity index (χ1n) is 9.48. The Morgan fingerprint density at radius 2 is 1.87 bits per heavy atom. The molecule has 8 heteroatoms. The van der Waals surface area contributed by atoms with Gasteiger partial charge in [-0.3, -0.25) is 4.79 Å². The molecule has 0 aliphatic carbocycles. The maximum absolute atomic E-state index is 12.8. The van der Waals surface area contributed by atoms with Gasteiger partial charge in [0.25, 0.3) is 0 Å². The average molecular weight is 455 g/mol. The molecular formula is C23H19ClN2O4S. The number of halogens is 1. The monoisotopic (exact) mass is 454 g/mol. The van der Waals surface area contributed by atoms with Crippen LogP contribution in [0.4, 0.5) is 5.00 Å². The first-order valence-corrected chi connectivity index (χ1v) is 10.7. The fraction of sp³-hybridized carbons (Fsp3) is 0.174. The number of fused-ring (bicyclic) bond motifs is 1. The van der Waals surface area contributed by atoms with Crippen LogP contribution in [0.1, 0.15) is 27.2 Å². The summed E-state index contributed by atoms with van der Waals surface area (Å²) in [6.45, 7) is 3.99. The third kappa shape index (κ3) is 4.19. The molecule has 0 radical (unpaired) electrons. The van der Waals surface area contributed by atoms with Crippen molar-refractivity contribution in [2.24, 2.45) is 0 Å². The van der Waals surface area contributed by atoms with Crippen molar-refractivity contribution in [2.45, 2.75) is 20.3 Å². The molecule has 1 N–H and O–H groups in total. The smallest absolute Gasteiger partial charge is 0.341 e. The first-order chi connectivity index (χ1) is 14.9. The van der Waals surface area contributed by atoms with E-state index in [2.05, 4.69) is 10.5 Å². The summed E-state index contributed by atoms with van der Waals surface area (Å²) in [5.41, 5.74) is 5.15. The fourth-order valence-electron chi connectivity index (χ4n) is 3.29. The van der Waals surface area contributed by atoms with Gasteiger partial charge in [-0.1, -0.05) is 28.9 Å². The highest BCUT2D eigenvalue weighted by atomic mass is 35.5. The topological polar surface area (TPSA) is 81.4 Å². The number of anilines is 1. The molecule has 0 atom stereocenters. The molecule has 2 heterocycles. The third-order valence-electron chi connectivity index (χ3n) is 5.08. The second-order valence-corrected chi connectivity index (χ2v) is 8.45. The fourth-order valence-corrected chi connectivity index (χ4v) is 4.39. The molecular weight excluding hydrogens is 436 g/mol. The summed E-state index contributed by atoms with van der Waals surface area (Å²) in [4.78, 5) is 25.3. The normalized spacial score (nSPS) is 11.0. The lowest BCUT2D eigenvalue weighted by atomic mass is 10.0. The minimum absolute atomic E-state index is 0.0181. The molecule has 0 aliphatic heterocycles. The summed E-state index contributed by atoms with van der Waals surface area (Å²) in [7, 11) is 1.31. The van der Waals surface area contributed by atoms with Crippen molar-refractivity contribution >= 4 is 50.8 Å². The zero-order valence-corrected chi connectivity index (χ0v) is 18.7. The number of carbonyl (C=O) groups is 2. The second-order valence-electron chi connectivity index (χ2n) is 7.14. The van der Waals surface area contributed by atoms with Gasteiger partial charge in [-0.05, 0) is 54.8 Å². The first kappa shape index (κ1) is 21.1. The summed E-state index contributed by atoms with van der Waals surface area (Å²) in [5, 5.41) is 10.5. The number of nitrogens with zero attached hydrogens (tertiary/aromatic N) is 1. The van der Waals surface area contributed by atoms with Crippen LogP contribution in [-0.4, -0.2) is 24.1 Å². The third-order valence-corrected chi connectivity index (χ3v) is 6.23. The number of hydrogen-bond acceptors (Lipinski definition) is 6. The van der Waals surface area contributed by atoms with Crippen LogP contribution < -0.4 is 5.32 Å². The van der Waals surface area contributed by atoms with Crippen LogP contribution in [0.3, 0.4) is 0 Å². The Kier molecular flexibility index (Phi) is 5.80. The highest BCUT2D eigenvalue weighted by Gasteiger charge is 2.23. The lowest BCUT2D eigenvalue weighted by Crippen LogP contribution is -2.16. The summed E-state index contributed by atoms with van der Waals surface area (Å²) in [6, 6.07) is 11.0. The van der Waals surface area contributed by atoms with E-state index in [1.54, 1.807) is 12.1 Å². The molecule has 4 aromatic rings. The number of ether oxygens (including phenoxy) is 1. The Morgan fingerprint density at radius 3 is 2.58 bits per heavy atom. The maximum atomic E-state index is 12.8. The van der Waals surface area contributed by atoms with E-state index < -0.39 is 5.97 Å². The number of nitrogens with one attached hydrogen (secondary N) is 1. The van der Waals surface area contributed by atoms with Crippen LogP contribution in [0.25, 0.3) is 22.1 Å². The van der Waals surface area contributed by atoms with Gasteiger partial charge in [0.15, 0.2) is 5.58 Å². The number of amides is 1. The average Bonchev–Trinajstić information content (AvgIpc) is 3.33. The molecule has 4 rings (SSSR count). The number of hydrogen-bond donors (Lipinski definition) is 1. The van der Waals surface area contributed by atoms with Gasteiger partial charge >= 0.3 is 5.97 Å². The molecule has 0 fully saturated rings.